The molecule has 8 heteroatoms. The summed E-state index contributed by atoms with van der Waals surface area (Å²) in [6, 6.07) is 8.47. The molecule has 0 fully saturated rings. The SMILES string of the molecule is C=C(C)c1ccc(-c2cncc3[nH]c(-c4n[nH]c5c4=CC(c4cncc(NC(=C)C(C)(C)C)c4)=NCC=5)cc23)s1. The Morgan fingerprint density at radius 3 is 2.65 bits per heavy atom. The number of hydrogen-bond acceptors (Lipinski definition) is 6. The van der Waals surface area contributed by atoms with Crippen molar-refractivity contribution in [3.8, 4) is 21.8 Å². The van der Waals surface area contributed by atoms with Gasteiger partial charge >= 0.3 is 0 Å². The smallest absolute Gasteiger partial charge is 0.116 e. The van der Waals surface area contributed by atoms with Crippen LogP contribution in [0, 0.1) is 5.41 Å². The molecule has 0 bridgehead atoms. The molecule has 0 saturated heterocycles. The van der Waals surface area contributed by atoms with Crippen molar-refractivity contribution in [1.29, 1.82) is 0 Å². The molecule has 6 rings (SSSR count). The first kappa shape index (κ1) is 25.7. The van der Waals surface area contributed by atoms with E-state index in [0.717, 1.165) is 71.5 Å². The molecule has 7 nitrogen and oxygen atoms in total. The Labute approximate surface area is 236 Å². The summed E-state index contributed by atoms with van der Waals surface area (Å²) in [5.41, 5.74) is 8.37. The highest BCUT2D eigenvalue weighted by molar-refractivity contribution is 7.16. The molecule has 200 valence electrons. The third-order valence-corrected chi connectivity index (χ3v) is 8.28. The Morgan fingerprint density at radius 1 is 1.05 bits per heavy atom. The molecule has 0 atom stereocenters. The van der Waals surface area contributed by atoms with Crippen LogP contribution in [0.15, 0.2) is 72.9 Å². The Morgan fingerprint density at radius 2 is 1.88 bits per heavy atom. The van der Waals surface area contributed by atoms with Gasteiger partial charge in [-0.15, -0.1) is 11.3 Å². The number of nitrogens with one attached hydrogen (secondary N) is 3. The van der Waals surface area contributed by atoms with E-state index >= 15 is 0 Å². The summed E-state index contributed by atoms with van der Waals surface area (Å²) >= 11 is 1.73. The molecular weight excluding hydrogens is 514 g/mol. The first-order valence-electron chi connectivity index (χ1n) is 13.1. The summed E-state index contributed by atoms with van der Waals surface area (Å²) in [7, 11) is 0. The number of H-pyrrole nitrogens is 2. The lowest BCUT2D eigenvalue weighted by Crippen LogP contribution is -2.24. The van der Waals surface area contributed by atoms with Crippen LogP contribution in [0.4, 0.5) is 5.69 Å². The molecule has 0 spiro atoms. The minimum absolute atomic E-state index is 0.0666. The molecule has 0 aromatic carbocycles. The number of rotatable bonds is 6. The van der Waals surface area contributed by atoms with Crippen molar-refractivity contribution in [2.24, 2.45) is 10.4 Å². The molecule has 1 aliphatic rings. The molecule has 3 N–H and O–H groups in total. The van der Waals surface area contributed by atoms with Crippen LogP contribution in [-0.2, 0) is 0 Å². The zero-order valence-electron chi connectivity index (χ0n) is 23.1. The van der Waals surface area contributed by atoms with Gasteiger partial charge in [0.1, 0.15) is 5.69 Å². The molecule has 6 heterocycles. The van der Waals surface area contributed by atoms with Crippen LogP contribution in [0.25, 0.3) is 50.5 Å². The number of fused-ring (bicyclic) bond motifs is 2. The fourth-order valence-corrected chi connectivity index (χ4v) is 5.52. The normalized spacial score (nSPS) is 13.2. The fraction of sp³-hybridized carbons (Fsp3) is 0.188. The van der Waals surface area contributed by atoms with Crippen LogP contribution in [0.2, 0.25) is 0 Å². The second kappa shape index (κ2) is 9.88. The third kappa shape index (κ3) is 4.82. The van der Waals surface area contributed by atoms with Crippen molar-refractivity contribution < 1.29 is 0 Å². The summed E-state index contributed by atoms with van der Waals surface area (Å²) in [5.74, 6) is 0. The molecule has 40 heavy (non-hydrogen) atoms. The number of nitrogens with zero attached hydrogens (tertiary/aromatic N) is 4. The van der Waals surface area contributed by atoms with Gasteiger partial charge in [0.25, 0.3) is 0 Å². The zero-order valence-corrected chi connectivity index (χ0v) is 23.9. The van der Waals surface area contributed by atoms with Crippen LogP contribution < -0.4 is 15.9 Å². The molecule has 5 aromatic heterocycles. The molecule has 0 radical (unpaired) electrons. The van der Waals surface area contributed by atoms with E-state index in [9.17, 15) is 0 Å². The van der Waals surface area contributed by atoms with E-state index in [4.69, 9.17) is 10.1 Å². The van der Waals surface area contributed by atoms with E-state index in [1.165, 1.54) is 4.88 Å². The minimum Gasteiger partial charge on any atom is -0.358 e. The Kier molecular flexibility index (Phi) is 6.35. The van der Waals surface area contributed by atoms with Gasteiger partial charge in [-0.3, -0.25) is 20.1 Å². The van der Waals surface area contributed by atoms with Crippen molar-refractivity contribution >= 4 is 51.4 Å². The number of anilines is 1. The van der Waals surface area contributed by atoms with E-state index in [0.29, 0.717) is 6.54 Å². The maximum atomic E-state index is 4.84. The molecule has 0 amide bonds. The summed E-state index contributed by atoms with van der Waals surface area (Å²) in [6.07, 6.45) is 11.6. The highest BCUT2D eigenvalue weighted by atomic mass is 32.1. The van der Waals surface area contributed by atoms with Gasteiger partial charge in [-0.25, -0.2) is 0 Å². The van der Waals surface area contributed by atoms with Gasteiger partial charge in [0.15, 0.2) is 0 Å². The second-order valence-electron chi connectivity index (χ2n) is 11.1. The molecule has 0 aliphatic carbocycles. The number of aromatic nitrogens is 5. The van der Waals surface area contributed by atoms with E-state index in [1.807, 2.05) is 31.7 Å². The quantitative estimate of drug-likeness (QED) is 0.239. The maximum absolute atomic E-state index is 4.84. The van der Waals surface area contributed by atoms with Crippen molar-refractivity contribution in [1.82, 2.24) is 25.1 Å². The van der Waals surface area contributed by atoms with Gasteiger partial charge in [0, 0.05) is 55.0 Å². The van der Waals surface area contributed by atoms with Gasteiger partial charge in [0.2, 0.25) is 0 Å². The topological polar surface area (TPSA) is 94.6 Å². The number of hydrogen-bond donors (Lipinski definition) is 3. The van der Waals surface area contributed by atoms with Gasteiger partial charge in [0.05, 0.1) is 46.9 Å². The first-order valence-corrected chi connectivity index (χ1v) is 13.9. The summed E-state index contributed by atoms with van der Waals surface area (Å²) in [6.45, 7) is 17.2. The predicted molar refractivity (Wildman–Crippen MR) is 168 cm³/mol. The Hall–Kier alpha value is -4.56. The standard InChI is InChI=1S/C32H31N7S/c1-18(2)29-7-8-30(40-29)24-16-34-17-28-22(24)12-27(37-28)31-23-13-26(35-10-9-25(23)38-39-31)20-11-21(15-33-14-20)36-19(3)32(4,5)6/h7-9,11-17,36-38H,1,3,10H2,2,4-6H3. The average molecular weight is 546 g/mol. The molecule has 0 saturated carbocycles. The van der Waals surface area contributed by atoms with Gasteiger partial charge in [-0.2, -0.15) is 5.10 Å². The zero-order chi connectivity index (χ0) is 28.0. The maximum Gasteiger partial charge on any atom is 0.116 e. The summed E-state index contributed by atoms with van der Waals surface area (Å²) in [5, 5.41) is 14.3. The minimum atomic E-state index is -0.0666. The van der Waals surface area contributed by atoms with E-state index in [2.05, 4.69) is 95.7 Å². The number of thiophene rings is 1. The largest absolute Gasteiger partial charge is 0.358 e. The van der Waals surface area contributed by atoms with Gasteiger partial charge < -0.3 is 10.3 Å². The summed E-state index contributed by atoms with van der Waals surface area (Å²) in [4.78, 5) is 19.7. The van der Waals surface area contributed by atoms with Crippen LogP contribution >= 0.6 is 11.3 Å². The molecule has 5 aromatic rings. The Balaban J connectivity index is 1.40. The van der Waals surface area contributed by atoms with E-state index < -0.39 is 0 Å². The lowest BCUT2D eigenvalue weighted by molar-refractivity contribution is 0.509. The first-order chi connectivity index (χ1) is 19.2. The fourth-order valence-electron chi connectivity index (χ4n) is 4.56. The van der Waals surface area contributed by atoms with Crippen LogP contribution in [0.5, 0.6) is 0 Å². The van der Waals surface area contributed by atoms with Crippen molar-refractivity contribution in [2.75, 3.05) is 11.9 Å². The molecular formula is C32H31N7S. The third-order valence-electron chi connectivity index (χ3n) is 7.00. The Bertz CT molecular complexity index is 1940. The molecule has 1 aliphatic heterocycles. The number of pyridine rings is 2. The number of allylic oxidation sites excluding steroid dienone is 2. The lowest BCUT2D eigenvalue weighted by atomic mass is 9.93. The van der Waals surface area contributed by atoms with Crippen molar-refractivity contribution in [3.05, 3.63) is 88.9 Å². The van der Waals surface area contributed by atoms with Gasteiger partial charge in [-0.05, 0) is 48.9 Å². The van der Waals surface area contributed by atoms with Crippen LogP contribution in [0.1, 0.15) is 38.1 Å². The monoisotopic (exact) mass is 545 g/mol. The highest BCUT2D eigenvalue weighted by Gasteiger charge is 2.17. The average Bonchev–Trinajstić information content (AvgIpc) is 3.63. The van der Waals surface area contributed by atoms with E-state index in [-0.39, 0.29) is 5.41 Å². The predicted octanol–water partition coefficient (Wildman–Crippen LogP) is 6.15. The number of aromatic amines is 2. The number of aliphatic imine (C=N–C) groups is 1. The van der Waals surface area contributed by atoms with Crippen molar-refractivity contribution in [3.63, 3.8) is 0 Å². The van der Waals surface area contributed by atoms with Crippen LogP contribution in [0.3, 0.4) is 0 Å². The summed E-state index contributed by atoms with van der Waals surface area (Å²) < 4.78 is 0. The van der Waals surface area contributed by atoms with Gasteiger partial charge in [-0.1, -0.05) is 33.9 Å². The molecule has 0 unspecified atom stereocenters. The van der Waals surface area contributed by atoms with Crippen LogP contribution in [-0.4, -0.2) is 37.4 Å². The van der Waals surface area contributed by atoms with E-state index in [1.54, 1.807) is 11.3 Å². The highest BCUT2D eigenvalue weighted by Crippen LogP contribution is 2.36. The lowest BCUT2D eigenvalue weighted by Gasteiger charge is -2.23. The van der Waals surface area contributed by atoms with Crippen molar-refractivity contribution in [2.45, 2.75) is 27.7 Å². The second-order valence-corrected chi connectivity index (χ2v) is 12.1.